The number of ether oxygens (including phenoxy) is 1. The molecular weight excluding hydrogens is 303 g/mol. The van der Waals surface area contributed by atoms with Crippen molar-refractivity contribution in [2.24, 2.45) is 0 Å². The summed E-state index contributed by atoms with van der Waals surface area (Å²) in [5, 5.41) is 0.491. The van der Waals surface area contributed by atoms with Crippen molar-refractivity contribution in [1.29, 1.82) is 0 Å². The third kappa shape index (κ3) is 3.32. The van der Waals surface area contributed by atoms with Crippen LogP contribution in [-0.4, -0.2) is 22.7 Å². The van der Waals surface area contributed by atoms with Crippen LogP contribution in [0.1, 0.15) is 38.8 Å². The minimum absolute atomic E-state index is 0.369. The predicted molar refractivity (Wildman–Crippen MR) is 67.8 cm³/mol. The van der Waals surface area contributed by atoms with Crippen LogP contribution in [0.2, 0.25) is 0 Å². The summed E-state index contributed by atoms with van der Waals surface area (Å²) in [7, 11) is 0. The van der Waals surface area contributed by atoms with Crippen LogP contribution in [0.4, 0.5) is 18.0 Å². The van der Waals surface area contributed by atoms with Crippen molar-refractivity contribution < 1.29 is 32.3 Å². The van der Waals surface area contributed by atoms with E-state index >= 15 is 0 Å². The summed E-state index contributed by atoms with van der Waals surface area (Å²) in [5.41, 5.74) is -1.38. The molecule has 1 heterocycles. The van der Waals surface area contributed by atoms with E-state index in [9.17, 15) is 22.8 Å². The lowest BCUT2D eigenvalue weighted by Gasteiger charge is -2.26. The van der Waals surface area contributed by atoms with E-state index in [1.807, 2.05) is 0 Å². The molecule has 5 nitrogen and oxygen atoms in total. The molecule has 1 aromatic carbocycles. The molecule has 0 N–H and O–H groups in total. The van der Waals surface area contributed by atoms with Gasteiger partial charge in [0.05, 0.1) is 6.42 Å². The van der Waals surface area contributed by atoms with Crippen LogP contribution in [0.15, 0.2) is 12.1 Å². The first-order valence-corrected chi connectivity index (χ1v) is 6.46. The van der Waals surface area contributed by atoms with Gasteiger partial charge in [0.1, 0.15) is 17.5 Å². The third-order valence-electron chi connectivity index (χ3n) is 2.80. The maximum atomic E-state index is 13.8. The van der Waals surface area contributed by atoms with Crippen molar-refractivity contribution >= 4 is 12.1 Å². The zero-order valence-corrected chi connectivity index (χ0v) is 12.2. The minimum atomic E-state index is -1.42. The van der Waals surface area contributed by atoms with Crippen LogP contribution in [0.3, 0.4) is 0 Å². The molecule has 0 radical (unpaired) electrons. The van der Waals surface area contributed by atoms with Crippen LogP contribution >= 0.6 is 0 Å². The Morgan fingerprint density at radius 2 is 1.95 bits per heavy atom. The van der Waals surface area contributed by atoms with Gasteiger partial charge in [-0.3, -0.25) is 0 Å². The highest BCUT2D eigenvalue weighted by Gasteiger charge is 2.42. The van der Waals surface area contributed by atoms with Crippen molar-refractivity contribution in [1.82, 2.24) is 5.06 Å². The average Bonchev–Trinajstić information content (AvgIpc) is 2.74. The summed E-state index contributed by atoms with van der Waals surface area (Å²) in [6, 6.07) is -0.219. The van der Waals surface area contributed by atoms with Crippen molar-refractivity contribution in [2.75, 3.05) is 0 Å². The van der Waals surface area contributed by atoms with E-state index in [2.05, 4.69) is 4.84 Å². The van der Waals surface area contributed by atoms with Crippen molar-refractivity contribution in [2.45, 2.75) is 38.8 Å². The number of hydroxylamine groups is 2. The molecule has 120 valence electrons. The molecule has 22 heavy (non-hydrogen) atoms. The van der Waals surface area contributed by atoms with Gasteiger partial charge in [-0.15, -0.1) is 5.06 Å². The lowest BCUT2D eigenvalue weighted by molar-refractivity contribution is -0.170. The summed E-state index contributed by atoms with van der Waals surface area (Å²) < 4.78 is 45.5. The lowest BCUT2D eigenvalue weighted by Crippen LogP contribution is -2.36. The van der Waals surface area contributed by atoms with Crippen LogP contribution in [0.5, 0.6) is 0 Å². The summed E-state index contributed by atoms with van der Waals surface area (Å²) in [5.74, 6) is -4.63. The highest BCUT2D eigenvalue weighted by Crippen LogP contribution is 2.35. The first-order valence-electron chi connectivity index (χ1n) is 6.46. The fourth-order valence-electron chi connectivity index (χ4n) is 1.98. The van der Waals surface area contributed by atoms with Gasteiger partial charge in [0, 0.05) is 11.6 Å². The minimum Gasteiger partial charge on any atom is -0.442 e. The van der Waals surface area contributed by atoms with E-state index in [1.165, 1.54) is 0 Å². The first kappa shape index (κ1) is 16.1. The van der Waals surface area contributed by atoms with Crippen LogP contribution < -0.4 is 0 Å². The molecule has 1 atom stereocenters. The Morgan fingerprint density at radius 3 is 2.55 bits per heavy atom. The molecule has 8 heteroatoms. The smallest absolute Gasteiger partial charge is 0.442 e. The normalized spacial score (nSPS) is 18.4. The van der Waals surface area contributed by atoms with Gasteiger partial charge in [0.15, 0.2) is 11.6 Å². The average molecular weight is 317 g/mol. The van der Waals surface area contributed by atoms with Crippen molar-refractivity contribution in [3.8, 4) is 0 Å². The monoisotopic (exact) mass is 317 g/mol. The van der Waals surface area contributed by atoms with Gasteiger partial charge >= 0.3 is 12.1 Å². The third-order valence-corrected chi connectivity index (χ3v) is 2.80. The molecule has 2 rings (SSSR count). The number of benzene rings is 1. The molecule has 0 spiro atoms. The molecule has 1 aromatic rings. The molecule has 0 aliphatic carbocycles. The molecule has 1 unspecified atom stereocenters. The predicted octanol–water partition coefficient (Wildman–Crippen LogP) is 3.24. The zero-order valence-electron chi connectivity index (χ0n) is 12.2. The fourth-order valence-corrected chi connectivity index (χ4v) is 1.98. The Morgan fingerprint density at radius 1 is 1.32 bits per heavy atom. The molecule has 1 aliphatic rings. The number of nitrogens with zero attached hydrogens (tertiary/aromatic N) is 1. The maximum Gasteiger partial charge on any atom is 0.444 e. The molecule has 1 aliphatic heterocycles. The van der Waals surface area contributed by atoms with Crippen molar-refractivity contribution in [3.05, 3.63) is 35.1 Å². The SMILES string of the molecule is CC(C)(C)OC(=O)N1OC(=O)CC1c1cc(F)cc(F)c1F. The van der Waals surface area contributed by atoms with E-state index in [0.29, 0.717) is 17.2 Å². The lowest BCUT2D eigenvalue weighted by atomic mass is 10.0. The second-order valence-corrected chi connectivity index (χ2v) is 5.78. The van der Waals surface area contributed by atoms with Gasteiger partial charge in [0.25, 0.3) is 0 Å². The van der Waals surface area contributed by atoms with E-state index in [1.54, 1.807) is 20.8 Å². The Balaban J connectivity index is 2.36. The van der Waals surface area contributed by atoms with Gasteiger partial charge < -0.3 is 9.57 Å². The highest BCUT2D eigenvalue weighted by molar-refractivity contribution is 5.78. The Hall–Kier alpha value is -2.25. The number of amides is 1. The van der Waals surface area contributed by atoms with Crippen molar-refractivity contribution in [3.63, 3.8) is 0 Å². The second kappa shape index (κ2) is 5.51. The zero-order chi connectivity index (χ0) is 16.7. The summed E-state index contributed by atoms with van der Waals surface area (Å²) in [4.78, 5) is 28.1. The molecule has 1 saturated heterocycles. The van der Waals surface area contributed by atoms with Gasteiger partial charge in [0.2, 0.25) is 0 Å². The summed E-state index contributed by atoms with van der Waals surface area (Å²) in [6.07, 6.45) is -1.48. The first-order chi connectivity index (χ1) is 10.1. The molecule has 0 aromatic heterocycles. The number of rotatable bonds is 1. The number of halogens is 3. The van der Waals surface area contributed by atoms with E-state index < -0.39 is 53.1 Å². The van der Waals surface area contributed by atoms with Crippen LogP contribution in [-0.2, 0) is 14.4 Å². The quantitative estimate of drug-likeness (QED) is 0.746. The standard InChI is InChI=1S/C14H14F3NO4/c1-14(2,3)21-13(20)18-10(6-11(19)22-18)8-4-7(15)5-9(16)12(8)17/h4-5,10H,6H2,1-3H3. The van der Waals surface area contributed by atoms with E-state index in [-0.39, 0.29) is 0 Å². The van der Waals surface area contributed by atoms with E-state index in [4.69, 9.17) is 4.74 Å². The topological polar surface area (TPSA) is 55.8 Å². The number of carbonyl (C=O) groups is 2. The summed E-state index contributed by atoms with van der Waals surface area (Å²) >= 11 is 0. The van der Waals surface area contributed by atoms with Crippen LogP contribution in [0, 0.1) is 17.5 Å². The van der Waals surface area contributed by atoms with Gasteiger partial charge in [-0.2, -0.15) is 0 Å². The number of carbonyl (C=O) groups excluding carboxylic acids is 2. The molecule has 0 bridgehead atoms. The maximum absolute atomic E-state index is 13.8. The highest BCUT2D eigenvalue weighted by atomic mass is 19.2. The Kier molecular flexibility index (Phi) is 4.04. The number of hydrogen-bond donors (Lipinski definition) is 0. The second-order valence-electron chi connectivity index (χ2n) is 5.78. The molecule has 1 fully saturated rings. The van der Waals surface area contributed by atoms with Crippen LogP contribution in [0.25, 0.3) is 0 Å². The Bertz CT molecular complexity index is 627. The van der Waals surface area contributed by atoms with Gasteiger partial charge in [-0.05, 0) is 26.8 Å². The Labute approximate surface area is 124 Å². The molecular formula is C14H14F3NO4. The fraction of sp³-hybridized carbons (Fsp3) is 0.429. The van der Waals surface area contributed by atoms with Gasteiger partial charge in [-0.25, -0.2) is 22.8 Å². The molecule has 1 amide bonds. The largest absolute Gasteiger partial charge is 0.444 e. The summed E-state index contributed by atoms with van der Waals surface area (Å²) in [6.45, 7) is 4.75. The number of hydrogen-bond acceptors (Lipinski definition) is 4. The van der Waals surface area contributed by atoms with E-state index in [0.717, 1.165) is 0 Å². The molecule has 0 saturated carbocycles. The van der Waals surface area contributed by atoms with Gasteiger partial charge in [-0.1, -0.05) is 0 Å².